The second kappa shape index (κ2) is 9.18. The summed E-state index contributed by atoms with van der Waals surface area (Å²) in [7, 11) is 0. The highest BCUT2D eigenvalue weighted by Gasteiger charge is 2.41. The third-order valence-electron chi connectivity index (χ3n) is 4.50. The van der Waals surface area contributed by atoms with Gasteiger partial charge in [-0.05, 0) is 30.2 Å². The average Bonchev–Trinajstić information content (AvgIpc) is 3.15. The summed E-state index contributed by atoms with van der Waals surface area (Å²) in [6, 6.07) is 6.77. The molecule has 5 N–H and O–H groups in total. The van der Waals surface area contributed by atoms with Crippen LogP contribution in [0.4, 0.5) is 28.4 Å². The highest BCUT2D eigenvalue weighted by atomic mass is 32.1. The summed E-state index contributed by atoms with van der Waals surface area (Å²) in [5.41, 5.74) is 5.91. The van der Waals surface area contributed by atoms with E-state index in [1.54, 1.807) is 13.0 Å². The molecule has 1 amide bonds. The molecule has 170 valence electrons. The van der Waals surface area contributed by atoms with Gasteiger partial charge in [-0.1, -0.05) is 19.1 Å². The fourth-order valence-electron chi connectivity index (χ4n) is 2.81. The summed E-state index contributed by atoms with van der Waals surface area (Å²) in [6.45, 7) is 1.75. The van der Waals surface area contributed by atoms with Gasteiger partial charge in [-0.25, -0.2) is 14.4 Å². The molecule has 0 saturated heterocycles. The molecule has 0 saturated carbocycles. The lowest BCUT2D eigenvalue weighted by atomic mass is 10.0. The normalized spacial score (nSPS) is 13.6. The first-order valence-electron chi connectivity index (χ1n) is 9.27. The van der Waals surface area contributed by atoms with Crippen LogP contribution in [0.5, 0.6) is 0 Å². The van der Waals surface area contributed by atoms with E-state index in [4.69, 9.17) is 5.73 Å². The first-order valence-corrected chi connectivity index (χ1v) is 10.1. The number of hydrogen-bond donors (Lipinski definition) is 4. The Labute approximate surface area is 183 Å². The maximum atomic E-state index is 14.7. The molecule has 0 radical (unpaired) electrons. The van der Waals surface area contributed by atoms with Crippen LogP contribution >= 0.6 is 11.3 Å². The molecule has 0 aliphatic heterocycles. The molecule has 0 spiro atoms. The highest BCUT2D eigenvalue weighted by Crippen LogP contribution is 2.39. The van der Waals surface area contributed by atoms with Gasteiger partial charge in [-0.3, -0.25) is 4.79 Å². The van der Waals surface area contributed by atoms with Gasteiger partial charge in [0.25, 0.3) is 5.91 Å². The van der Waals surface area contributed by atoms with Crippen molar-refractivity contribution in [3.63, 3.8) is 0 Å². The number of thiophene rings is 1. The Morgan fingerprint density at radius 2 is 1.97 bits per heavy atom. The topological polar surface area (TPSA) is 121 Å². The number of aliphatic hydroxyl groups is 2. The minimum Gasteiger partial charge on any atom is -0.388 e. The highest BCUT2D eigenvalue weighted by molar-refractivity contribution is 7.19. The molecule has 3 rings (SSSR count). The van der Waals surface area contributed by atoms with Crippen molar-refractivity contribution in [2.24, 2.45) is 5.73 Å². The lowest BCUT2D eigenvalue weighted by Gasteiger charge is -2.13. The van der Waals surface area contributed by atoms with Gasteiger partial charge in [-0.2, -0.15) is 13.2 Å². The third-order valence-corrected chi connectivity index (χ3v) is 5.58. The quantitative estimate of drug-likeness (QED) is 0.384. The van der Waals surface area contributed by atoms with Crippen LogP contribution in [-0.2, 0) is 0 Å². The number of halogens is 4. The molecule has 32 heavy (non-hydrogen) atoms. The van der Waals surface area contributed by atoms with Crippen molar-refractivity contribution < 1.29 is 32.6 Å². The molecule has 0 bridgehead atoms. The van der Waals surface area contributed by atoms with E-state index in [2.05, 4.69) is 15.3 Å². The average molecular weight is 470 g/mol. The van der Waals surface area contributed by atoms with Gasteiger partial charge < -0.3 is 21.3 Å². The Morgan fingerprint density at radius 3 is 2.56 bits per heavy atom. The molecular weight excluding hydrogens is 452 g/mol. The van der Waals surface area contributed by atoms with Crippen molar-refractivity contribution >= 4 is 28.1 Å². The summed E-state index contributed by atoms with van der Waals surface area (Å²) < 4.78 is 52.9. The van der Waals surface area contributed by atoms with Crippen LogP contribution in [0.3, 0.4) is 0 Å². The van der Waals surface area contributed by atoms with Crippen molar-refractivity contribution in [2.45, 2.75) is 31.7 Å². The van der Waals surface area contributed by atoms with Gasteiger partial charge in [0.1, 0.15) is 16.6 Å². The number of hydrogen-bond acceptors (Lipinski definition) is 7. The van der Waals surface area contributed by atoms with Crippen LogP contribution < -0.4 is 11.1 Å². The fraction of sp³-hybridized carbons (Fsp3) is 0.250. The van der Waals surface area contributed by atoms with E-state index in [9.17, 15) is 32.6 Å². The molecule has 2 aromatic heterocycles. The number of alkyl halides is 3. The molecule has 0 aliphatic carbocycles. The number of nitrogens with two attached hydrogens (primary N) is 1. The van der Waals surface area contributed by atoms with Gasteiger partial charge >= 0.3 is 6.18 Å². The van der Waals surface area contributed by atoms with Crippen LogP contribution in [0.15, 0.2) is 36.5 Å². The summed E-state index contributed by atoms with van der Waals surface area (Å²) in [5.74, 6) is -2.48. The Hall–Kier alpha value is -3.09. The Balaban J connectivity index is 1.96. The number of nitrogens with one attached hydrogen (secondary N) is 1. The van der Waals surface area contributed by atoms with Crippen LogP contribution in [0.1, 0.15) is 47.3 Å². The van der Waals surface area contributed by atoms with E-state index in [1.807, 2.05) is 0 Å². The fourth-order valence-corrected chi connectivity index (χ4v) is 3.91. The van der Waals surface area contributed by atoms with E-state index in [1.165, 1.54) is 24.3 Å². The number of rotatable bonds is 7. The number of carbonyl (C=O) groups is 1. The smallest absolute Gasteiger partial charge is 0.388 e. The Bertz CT molecular complexity index is 1140. The second-order valence-electron chi connectivity index (χ2n) is 6.75. The van der Waals surface area contributed by atoms with Gasteiger partial charge in [0, 0.05) is 16.6 Å². The number of carbonyl (C=O) groups excluding carboxylic acids is 1. The van der Waals surface area contributed by atoms with E-state index in [0.717, 1.165) is 17.5 Å². The predicted molar refractivity (Wildman–Crippen MR) is 110 cm³/mol. The number of amides is 1. The van der Waals surface area contributed by atoms with Crippen LogP contribution in [0.2, 0.25) is 0 Å². The standard InChI is InChI=1S/C20H18F4N4O3S/c1-2-13(29)9-3-4-10(12(21)7-9)14-8-11(17(25)31)19(32-14)28-15-5-6-26-18(27-15)16(30)20(22,23)24/h3-8,13,16,29-30H,2H2,1H3,(H2,25,31)(H,26,27,28). The molecule has 0 fully saturated rings. The van der Waals surface area contributed by atoms with Crippen LogP contribution in [0.25, 0.3) is 10.4 Å². The first-order chi connectivity index (χ1) is 15.0. The summed E-state index contributed by atoms with van der Waals surface area (Å²) in [6.07, 6.45) is -7.25. The lowest BCUT2D eigenvalue weighted by molar-refractivity contribution is -0.209. The maximum Gasteiger partial charge on any atom is 0.421 e. The van der Waals surface area contributed by atoms with Gasteiger partial charge in [0.15, 0.2) is 5.82 Å². The molecule has 2 heterocycles. The molecule has 7 nitrogen and oxygen atoms in total. The largest absolute Gasteiger partial charge is 0.421 e. The molecule has 0 aliphatic rings. The monoisotopic (exact) mass is 470 g/mol. The number of aromatic nitrogens is 2. The van der Waals surface area contributed by atoms with Crippen LogP contribution in [-0.4, -0.2) is 32.3 Å². The minimum atomic E-state index is -4.96. The number of aliphatic hydroxyl groups excluding tert-OH is 2. The zero-order valence-electron chi connectivity index (χ0n) is 16.5. The minimum absolute atomic E-state index is 0.0291. The number of benzene rings is 1. The Kier molecular flexibility index (Phi) is 6.77. The SMILES string of the molecule is CCC(O)c1ccc(-c2cc(C(N)=O)c(Nc3ccnc(C(O)C(F)(F)F)n3)s2)c(F)c1. The maximum absolute atomic E-state index is 14.7. The second-order valence-corrected chi connectivity index (χ2v) is 7.80. The van der Waals surface area contributed by atoms with E-state index >= 15 is 0 Å². The molecule has 2 atom stereocenters. The lowest BCUT2D eigenvalue weighted by Crippen LogP contribution is -2.22. The van der Waals surface area contributed by atoms with E-state index in [0.29, 0.717) is 16.9 Å². The first kappa shape index (κ1) is 23.6. The predicted octanol–water partition coefficient (Wildman–Crippen LogP) is 4.23. The van der Waals surface area contributed by atoms with E-state index in [-0.39, 0.29) is 21.9 Å². The summed E-state index contributed by atoms with van der Waals surface area (Å²) in [4.78, 5) is 19.2. The molecule has 12 heteroatoms. The number of nitrogens with zero attached hydrogens (tertiary/aromatic N) is 2. The Morgan fingerprint density at radius 1 is 1.25 bits per heavy atom. The van der Waals surface area contributed by atoms with Crippen LogP contribution in [0, 0.1) is 5.82 Å². The van der Waals surface area contributed by atoms with Gasteiger partial charge in [0.05, 0.1) is 11.7 Å². The van der Waals surface area contributed by atoms with Crippen molar-refractivity contribution in [2.75, 3.05) is 5.32 Å². The summed E-state index contributed by atoms with van der Waals surface area (Å²) >= 11 is 0.930. The van der Waals surface area contributed by atoms with Crippen molar-refractivity contribution in [3.05, 3.63) is 59.3 Å². The number of anilines is 2. The third kappa shape index (κ3) is 5.03. The van der Waals surface area contributed by atoms with Crippen molar-refractivity contribution in [3.8, 4) is 10.4 Å². The van der Waals surface area contributed by atoms with Gasteiger partial charge in [0.2, 0.25) is 6.10 Å². The van der Waals surface area contributed by atoms with Crippen molar-refractivity contribution in [1.29, 1.82) is 0 Å². The molecule has 1 aromatic carbocycles. The van der Waals surface area contributed by atoms with E-state index < -0.39 is 35.9 Å². The van der Waals surface area contributed by atoms with Gasteiger partial charge in [-0.15, -0.1) is 11.3 Å². The molecule has 2 unspecified atom stereocenters. The molecule has 3 aromatic rings. The number of primary amides is 1. The molecular formula is C20H18F4N4O3S. The summed E-state index contributed by atoms with van der Waals surface area (Å²) in [5, 5.41) is 22.0. The zero-order chi connectivity index (χ0) is 23.6. The van der Waals surface area contributed by atoms with Crippen molar-refractivity contribution in [1.82, 2.24) is 9.97 Å². The zero-order valence-corrected chi connectivity index (χ0v) is 17.3.